The fraction of sp³-hybridized carbons (Fsp3) is 0. The van der Waals surface area contributed by atoms with E-state index in [9.17, 15) is 0 Å². The minimum atomic E-state index is 0.593. The Balaban J connectivity index is 0.000000107. The molecule has 0 saturated carbocycles. The molecule has 147 heavy (non-hydrogen) atoms. The van der Waals surface area contributed by atoms with Gasteiger partial charge in [-0.3, -0.25) is 13.7 Å². The first-order chi connectivity index (χ1) is 72.9. The number of aromatic nitrogens is 10. The van der Waals surface area contributed by atoms with Crippen molar-refractivity contribution in [1.82, 2.24) is 48.6 Å². The highest BCUT2D eigenvalue weighted by Crippen LogP contribution is 2.47. The molecule has 0 aliphatic rings. The molecule has 0 bridgehead atoms. The van der Waals surface area contributed by atoms with Crippen molar-refractivity contribution in [2.45, 2.75) is 0 Å². The molecule has 0 saturated heterocycles. The van der Waals surface area contributed by atoms with E-state index in [0.717, 1.165) is 106 Å². The second kappa shape index (κ2) is 35.8. The molecule has 684 valence electrons. The number of rotatable bonds is 12. The Morgan fingerprint density at radius 3 is 0.571 bits per heavy atom. The van der Waals surface area contributed by atoms with Crippen LogP contribution in [0, 0.1) is 0 Å². The van der Waals surface area contributed by atoms with Gasteiger partial charge in [-0.25, -0.2) is 24.9 Å². The lowest BCUT2D eigenvalue weighted by Gasteiger charge is -2.13. The van der Waals surface area contributed by atoms with Gasteiger partial charge in [0.15, 0.2) is 11.6 Å². The predicted molar refractivity (Wildman–Crippen MR) is 613 cm³/mol. The summed E-state index contributed by atoms with van der Waals surface area (Å²) < 4.78 is 6.62. The molecule has 30 aromatic rings. The van der Waals surface area contributed by atoms with Crippen LogP contribution in [0.2, 0.25) is 0 Å². The normalized spacial score (nSPS) is 11.7. The molecule has 0 spiro atoms. The van der Waals surface area contributed by atoms with Gasteiger partial charge >= 0.3 is 0 Å². The average Bonchev–Trinajstić information content (AvgIpc) is 1.15. The summed E-state index contributed by atoms with van der Waals surface area (Å²) in [4.78, 5) is 35.9. The molecule has 0 amide bonds. The lowest BCUT2D eigenvalue weighted by Crippen LogP contribution is -2.06. The molecule has 24 aromatic carbocycles. The van der Waals surface area contributed by atoms with Crippen molar-refractivity contribution >= 4 is 162 Å². The van der Waals surface area contributed by atoms with Crippen LogP contribution >= 0.6 is 0 Å². The number of para-hydroxylation sites is 3. The van der Waals surface area contributed by atoms with Crippen molar-refractivity contribution in [3.05, 3.63) is 522 Å². The zero-order valence-corrected chi connectivity index (χ0v) is 79.6. The molecule has 0 fully saturated rings. The number of hydrogen-bond acceptors (Lipinski definition) is 7. The van der Waals surface area contributed by atoms with E-state index in [1.54, 1.807) is 0 Å². The van der Waals surface area contributed by atoms with E-state index in [-0.39, 0.29) is 0 Å². The first-order valence-corrected chi connectivity index (χ1v) is 49.9. The summed E-state index contributed by atoms with van der Waals surface area (Å²) in [5, 5.41) is 30.0. The summed E-state index contributed by atoms with van der Waals surface area (Å²) in [7, 11) is 0. The second-order valence-electron chi connectivity index (χ2n) is 37.7. The SMILES string of the molecule is c1ccc(-c2cc(-c3ccccc3)nc(-n3c4ccccc4c4cc(-c5ccc6c7ccccc7c7ccccc7c6c5)ccc43)n2)cc1.c1ccc(-c2cc(-c3ccccc3)nc(-n3c4ccccc4c4ccc(-c5ccc6c7ccccc7c7ccccc7c6c5)cc43)n2)cc1.c1ccc(-c2nc(-c3ccccc3)nc(-n3c4ccccc4c4cc(-c5ccc6c7ccccc7c7ccccc7c6c5)ccc43)n2)cc1. The molecule has 30 rings (SSSR count). The van der Waals surface area contributed by atoms with Crippen LogP contribution in [0.5, 0.6) is 0 Å². The Hall–Kier alpha value is -19.8. The Kier molecular flexibility index (Phi) is 20.7. The molecular weight excluding hydrogens is 1790 g/mol. The van der Waals surface area contributed by atoms with Gasteiger partial charge in [0.05, 0.1) is 55.9 Å². The summed E-state index contributed by atoms with van der Waals surface area (Å²) in [5.41, 5.74) is 23.1. The molecular formula is C137H86N10. The molecule has 0 aliphatic carbocycles. The van der Waals surface area contributed by atoms with E-state index in [1.807, 2.05) is 84.9 Å². The lowest BCUT2D eigenvalue weighted by molar-refractivity contribution is 0.953. The maximum atomic E-state index is 5.23. The minimum Gasteiger partial charge on any atom is -0.278 e. The topological polar surface area (TPSA) is 105 Å². The average molecular weight is 1870 g/mol. The van der Waals surface area contributed by atoms with Gasteiger partial charge in [-0.15, -0.1) is 0 Å². The Morgan fingerprint density at radius 2 is 0.286 bits per heavy atom. The van der Waals surface area contributed by atoms with Gasteiger partial charge in [-0.05, 0) is 209 Å². The Labute approximate surface area is 845 Å². The highest BCUT2D eigenvalue weighted by Gasteiger charge is 2.25. The van der Waals surface area contributed by atoms with Gasteiger partial charge in [0.1, 0.15) is 0 Å². The lowest BCUT2D eigenvalue weighted by atomic mass is 9.92. The maximum Gasteiger partial charge on any atom is 0.238 e. The molecule has 6 heterocycles. The van der Waals surface area contributed by atoms with Crippen LogP contribution in [0.4, 0.5) is 0 Å². The Morgan fingerprint density at radius 1 is 0.102 bits per heavy atom. The van der Waals surface area contributed by atoms with Crippen molar-refractivity contribution in [3.63, 3.8) is 0 Å². The molecule has 10 nitrogen and oxygen atoms in total. The first kappa shape index (κ1) is 85.2. The summed E-state index contributed by atoms with van der Waals surface area (Å²) in [6.07, 6.45) is 0. The van der Waals surface area contributed by atoms with E-state index in [1.165, 1.54) is 146 Å². The van der Waals surface area contributed by atoms with E-state index in [0.29, 0.717) is 29.5 Å². The second-order valence-corrected chi connectivity index (χ2v) is 37.7. The van der Waals surface area contributed by atoms with Gasteiger partial charge in [0.2, 0.25) is 17.8 Å². The van der Waals surface area contributed by atoms with Crippen molar-refractivity contribution in [2.75, 3.05) is 0 Å². The molecule has 10 heteroatoms. The van der Waals surface area contributed by atoms with Crippen LogP contribution in [0.3, 0.4) is 0 Å². The van der Waals surface area contributed by atoms with Gasteiger partial charge in [-0.1, -0.05) is 443 Å². The van der Waals surface area contributed by atoms with E-state index < -0.39 is 0 Å². The maximum absolute atomic E-state index is 5.23. The van der Waals surface area contributed by atoms with Crippen LogP contribution in [0.15, 0.2) is 522 Å². The molecule has 0 aliphatic heterocycles. The van der Waals surface area contributed by atoms with Crippen molar-refractivity contribution in [2.24, 2.45) is 0 Å². The van der Waals surface area contributed by atoms with Gasteiger partial charge < -0.3 is 0 Å². The number of nitrogens with zero attached hydrogens (tertiary/aromatic N) is 10. The zero-order valence-electron chi connectivity index (χ0n) is 79.6. The summed E-state index contributed by atoms with van der Waals surface area (Å²) in [5.74, 6) is 3.18. The summed E-state index contributed by atoms with van der Waals surface area (Å²) in [6, 6.07) is 185. The monoisotopic (exact) mass is 1870 g/mol. The third kappa shape index (κ3) is 14.9. The molecule has 0 atom stereocenters. The van der Waals surface area contributed by atoms with Gasteiger partial charge in [0, 0.05) is 65.7 Å². The van der Waals surface area contributed by atoms with Crippen molar-refractivity contribution in [1.29, 1.82) is 0 Å². The zero-order chi connectivity index (χ0) is 96.9. The Bertz CT molecular complexity index is 9820. The van der Waals surface area contributed by atoms with Crippen LogP contribution in [-0.4, -0.2) is 48.6 Å². The van der Waals surface area contributed by atoms with Crippen LogP contribution in [0.1, 0.15) is 0 Å². The van der Waals surface area contributed by atoms with E-state index in [2.05, 4.69) is 450 Å². The number of fused-ring (bicyclic) bond motifs is 27. The van der Waals surface area contributed by atoms with Crippen LogP contribution < -0.4 is 0 Å². The molecule has 0 unspecified atom stereocenters. The first-order valence-electron chi connectivity index (χ1n) is 49.9. The predicted octanol–water partition coefficient (Wildman–Crippen LogP) is 35.5. The van der Waals surface area contributed by atoms with Gasteiger partial charge in [-0.2, -0.15) is 9.97 Å². The summed E-state index contributed by atoms with van der Waals surface area (Å²) >= 11 is 0. The number of hydrogen-bond donors (Lipinski definition) is 0. The van der Waals surface area contributed by atoms with Crippen molar-refractivity contribution in [3.8, 4) is 119 Å². The fourth-order valence-electron chi connectivity index (χ4n) is 22.4. The third-order valence-corrected chi connectivity index (χ3v) is 29.2. The third-order valence-electron chi connectivity index (χ3n) is 29.2. The standard InChI is InChI=1S/2C46H29N3.C45H28N4/c1-3-13-30(14-4-1)42-29-43(31-15-5-2-6-16-31)48-46(47-42)49-44-22-12-11-21-39(44)41-28-33(24-26-45(41)49)32-23-25-38-36-19-8-7-17-34(36)35-18-9-10-20-37(35)40(38)27-32;1-3-13-30(14-4-1)42-29-43(31-15-5-2-6-16-31)48-46(47-42)49-44-22-12-11-21-39(44)40-26-24-33(28-45(40)49)32-23-25-38-36-19-8-7-17-34(36)35-18-9-10-20-37(35)41(38)27-32;1-3-13-29(14-4-1)43-46-44(30-15-5-2-6-16-30)48-45(47-43)49-41-22-12-11-21-38(41)40-28-32(24-26-42(40)49)31-23-25-37-35-19-8-7-17-33(35)34-18-9-10-20-36(34)39(37)27-31/h2*1-29H;1-28H. The smallest absolute Gasteiger partial charge is 0.238 e. The largest absolute Gasteiger partial charge is 0.278 e. The van der Waals surface area contributed by atoms with E-state index >= 15 is 0 Å². The number of benzene rings is 24. The summed E-state index contributed by atoms with van der Waals surface area (Å²) in [6.45, 7) is 0. The molecule has 0 radical (unpaired) electrons. The molecule has 6 aromatic heterocycles. The van der Waals surface area contributed by atoms with Crippen molar-refractivity contribution < 1.29 is 0 Å². The van der Waals surface area contributed by atoms with Crippen LogP contribution in [-0.2, 0) is 0 Å². The fourth-order valence-corrected chi connectivity index (χ4v) is 22.4. The van der Waals surface area contributed by atoms with Gasteiger partial charge in [0.25, 0.3) is 0 Å². The minimum absolute atomic E-state index is 0.593. The quantitative estimate of drug-likeness (QED) is 0.112. The van der Waals surface area contributed by atoms with Crippen LogP contribution in [0.25, 0.3) is 281 Å². The highest BCUT2D eigenvalue weighted by atomic mass is 15.2. The van der Waals surface area contributed by atoms with E-state index in [4.69, 9.17) is 34.9 Å². The molecule has 0 N–H and O–H groups in total. The highest BCUT2D eigenvalue weighted by molar-refractivity contribution is 6.29.